The van der Waals surface area contributed by atoms with E-state index < -0.39 is 6.10 Å². The number of hydrogen-bond donors (Lipinski definition) is 0. The molecule has 0 aliphatic carbocycles. The predicted molar refractivity (Wildman–Crippen MR) is 82.6 cm³/mol. The van der Waals surface area contributed by atoms with E-state index in [2.05, 4.69) is 15.9 Å². The van der Waals surface area contributed by atoms with E-state index in [-0.39, 0.29) is 5.91 Å². The molecule has 1 amide bonds. The van der Waals surface area contributed by atoms with Crippen LogP contribution in [-0.2, 0) is 4.79 Å². The van der Waals surface area contributed by atoms with Crippen molar-refractivity contribution in [1.29, 1.82) is 0 Å². The van der Waals surface area contributed by atoms with Gasteiger partial charge in [0.2, 0.25) is 0 Å². The van der Waals surface area contributed by atoms with Crippen LogP contribution in [0, 0.1) is 6.92 Å². The van der Waals surface area contributed by atoms with Crippen molar-refractivity contribution in [1.82, 2.24) is 0 Å². The monoisotopic (exact) mass is 331 g/mol. The first-order chi connectivity index (χ1) is 9.58. The largest absolute Gasteiger partial charge is 0.479 e. The molecule has 3 nitrogen and oxygen atoms in total. The number of ether oxygens (including phenoxy) is 1. The molecule has 1 unspecified atom stereocenters. The van der Waals surface area contributed by atoms with Crippen LogP contribution >= 0.6 is 15.9 Å². The average molecular weight is 332 g/mol. The maximum Gasteiger partial charge on any atom is 0.272 e. The number of hydrogen-bond acceptors (Lipinski definition) is 2. The van der Waals surface area contributed by atoms with Gasteiger partial charge in [0.15, 0.2) is 6.10 Å². The second kappa shape index (κ2) is 4.94. The SMILES string of the molecule is Cc1cc(Br)ccc1N1C(=O)C(C)Oc2ccccc21. The molecule has 0 spiro atoms. The zero-order valence-corrected chi connectivity index (χ0v) is 12.8. The lowest BCUT2D eigenvalue weighted by Crippen LogP contribution is -2.41. The number of anilines is 2. The first kappa shape index (κ1) is 13.2. The van der Waals surface area contributed by atoms with Crippen LogP contribution in [-0.4, -0.2) is 12.0 Å². The molecule has 1 atom stereocenters. The molecule has 1 aliphatic heterocycles. The summed E-state index contributed by atoms with van der Waals surface area (Å²) in [6.07, 6.45) is -0.479. The molecule has 0 saturated carbocycles. The van der Waals surface area contributed by atoms with Crippen LogP contribution in [0.15, 0.2) is 46.9 Å². The van der Waals surface area contributed by atoms with Crippen LogP contribution < -0.4 is 9.64 Å². The third-order valence-electron chi connectivity index (χ3n) is 3.38. The van der Waals surface area contributed by atoms with Gasteiger partial charge in [-0.3, -0.25) is 9.69 Å². The number of aryl methyl sites for hydroxylation is 1. The van der Waals surface area contributed by atoms with Crippen molar-refractivity contribution in [2.45, 2.75) is 20.0 Å². The first-order valence-corrected chi connectivity index (χ1v) is 7.23. The highest BCUT2D eigenvalue weighted by molar-refractivity contribution is 9.10. The molecular formula is C16H14BrNO2. The second-order valence-corrected chi connectivity index (χ2v) is 5.75. The minimum Gasteiger partial charge on any atom is -0.479 e. The Morgan fingerprint density at radius 3 is 2.65 bits per heavy atom. The van der Waals surface area contributed by atoms with Crippen molar-refractivity contribution in [2.75, 3.05) is 4.90 Å². The van der Waals surface area contributed by atoms with Gasteiger partial charge in [-0.05, 0) is 49.7 Å². The maximum absolute atomic E-state index is 12.5. The third-order valence-corrected chi connectivity index (χ3v) is 3.87. The highest BCUT2D eigenvalue weighted by Crippen LogP contribution is 2.40. The molecule has 4 heteroatoms. The molecule has 2 aromatic carbocycles. The topological polar surface area (TPSA) is 29.5 Å². The van der Waals surface area contributed by atoms with Crippen LogP contribution in [0.2, 0.25) is 0 Å². The van der Waals surface area contributed by atoms with Crippen molar-refractivity contribution >= 4 is 33.2 Å². The molecule has 0 aromatic heterocycles. The lowest BCUT2D eigenvalue weighted by Gasteiger charge is -2.33. The second-order valence-electron chi connectivity index (χ2n) is 4.83. The van der Waals surface area contributed by atoms with Gasteiger partial charge in [0.1, 0.15) is 5.75 Å². The number of fused-ring (bicyclic) bond motifs is 1. The fraction of sp³-hybridized carbons (Fsp3) is 0.188. The van der Waals surface area contributed by atoms with Gasteiger partial charge in [-0.2, -0.15) is 0 Å². The van der Waals surface area contributed by atoms with E-state index in [1.54, 1.807) is 11.8 Å². The van der Waals surface area contributed by atoms with Gasteiger partial charge in [-0.1, -0.05) is 28.1 Å². The number of benzene rings is 2. The standard InChI is InChI=1S/C16H14BrNO2/c1-10-9-12(17)7-8-13(10)18-14-5-3-4-6-15(14)20-11(2)16(18)19/h3-9,11H,1-2H3. The summed E-state index contributed by atoms with van der Waals surface area (Å²) in [5.74, 6) is 0.691. The van der Waals surface area contributed by atoms with Gasteiger partial charge in [0.05, 0.1) is 11.4 Å². The highest BCUT2D eigenvalue weighted by atomic mass is 79.9. The minimum absolute atomic E-state index is 0.0471. The summed E-state index contributed by atoms with van der Waals surface area (Å²) >= 11 is 3.45. The van der Waals surface area contributed by atoms with E-state index in [1.807, 2.05) is 49.4 Å². The smallest absolute Gasteiger partial charge is 0.272 e. The molecule has 3 rings (SSSR count). The molecular weight excluding hydrogens is 318 g/mol. The van der Waals surface area contributed by atoms with Crippen molar-refractivity contribution in [3.8, 4) is 5.75 Å². The molecule has 0 radical (unpaired) electrons. The minimum atomic E-state index is -0.479. The Hall–Kier alpha value is -1.81. The van der Waals surface area contributed by atoms with Gasteiger partial charge < -0.3 is 4.74 Å². The number of rotatable bonds is 1. The van der Waals surface area contributed by atoms with Crippen LogP contribution in [0.1, 0.15) is 12.5 Å². The van der Waals surface area contributed by atoms with Crippen LogP contribution in [0.4, 0.5) is 11.4 Å². The van der Waals surface area contributed by atoms with E-state index in [0.717, 1.165) is 27.2 Å². The number of amides is 1. The predicted octanol–water partition coefficient (Wildman–Crippen LogP) is 4.20. The van der Waals surface area contributed by atoms with Crippen LogP contribution in [0.5, 0.6) is 5.75 Å². The summed E-state index contributed by atoms with van der Waals surface area (Å²) in [5.41, 5.74) is 2.72. The third kappa shape index (κ3) is 2.10. The van der Waals surface area contributed by atoms with E-state index in [1.165, 1.54) is 0 Å². The van der Waals surface area contributed by atoms with Crippen LogP contribution in [0.25, 0.3) is 0 Å². The molecule has 1 heterocycles. The van der Waals surface area contributed by atoms with Gasteiger partial charge in [-0.25, -0.2) is 0 Å². The first-order valence-electron chi connectivity index (χ1n) is 6.44. The summed E-state index contributed by atoms with van der Waals surface area (Å²) in [6.45, 7) is 3.77. The van der Waals surface area contributed by atoms with E-state index in [0.29, 0.717) is 0 Å². The fourth-order valence-electron chi connectivity index (χ4n) is 2.40. The zero-order valence-electron chi connectivity index (χ0n) is 11.3. The van der Waals surface area contributed by atoms with Gasteiger partial charge in [0, 0.05) is 4.47 Å². The maximum atomic E-state index is 12.5. The summed E-state index contributed by atoms with van der Waals surface area (Å²) in [6, 6.07) is 13.5. The zero-order chi connectivity index (χ0) is 14.3. The Morgan fingerprint density at radius 2 is 1.90 bits per heavy atom. The molecule has 20 heavy (non-hydrogen) atoms. The molecule has 0 fully saturated rings. The highest BCUT2D eigenvalue weighted by Gasteiger charge is 2.32. The summed E-state index contributed by atoms with van der Waals surface area (Å²) in [7, 11) is 0. The number of carbonyl (C=O) groups is 1. The number of carbonyl (C=O) groups excluding carboxylic acids is 1. The summed E-state index contributed by atoms with van der Waals surface area (Å²) < 4.78 is 6.66. The lowest BCUT2D eigenvalue weighted by molar-refractivity contribution is -0.124. The normalized spacial score (nSPS) is 17.6. The Morgan fingerprint density at radius 1 is 1.15 bits per heavy atom. The van der Waals surface area contributed by atoms with E-state index >= 15 is 0 Å². The molecule has 2 aromatic rings. The molecule has 1 aliphatic rings. The Balaban J connectivity index is 2.18. The van der Waals surface area contributed by atoms with Crippen molar-refractivity contribution in [3.63, 3.8) is 0 Å². The number of halogens is 1. The van der Waals surface area contributed by atoms with Crippen molar-refractivity contribution in [2.24, 2.45) is 0 Å². The van der Waals surface area contributed by atoms with Gasteiger partial charge >= 0.3 is 0 Å². The lowest BCUT2D eigenvalue weighted by atomic mass is 10.1. The Bertz CT molecular complexity index is 684. The Labute approximate surface area is 126 Å². The molecule has 102 valence electrons. The van der Waals surface area contributed by atoms with Crippen molar-refractivity contribution in [3.05, 3.63) is 52.5 Å². The summed E-state index contributed by atoms with van der Waals surface area (Å²) in [5, 5.41) is 0. The van der Waals surface area contributed by atoms with Gasteiger partial charge in [-0.15, -0.1) is 0 Å². The number of nitrogens with zero attached hydrogens (tertiary/aromatic N) is 1. The summed E-state index contributed by atoms with van der Waals surface area (Å²) in [4.78, 5) is 14.3. The van der Waals surface area contributed by atoms with Gasteiger partial charge in [0.25, 0.3) is 5.91 Å². The molecule has 0 N–H and O–H groups in total. The van der Waals surface area contributed by atoms with Crippen LogP contribution in [0.3, 0.4) is 0 Å². The quantitative estimate of drug-likeness (QED) is 0.783. The van der Waals surface area contributed by atoms with E-state index in [9.17, 15) is 4.79 Å². The Kier molecular flexibility index (Phi) is 3.26. The molecule has 0 saturated heterocycles. The van der Waals surface area contributed by atoms with Crippen molar-refractivity contribution < 1.29 is 9.53 Å². The van der Waals surface area contributed by atoms with E-state index in [4.69, 9.17) is 4.74 Å². The molecule has 0 bridgehead atoms. The fourth-order valence-corrected chi connectivity index (χ4v) is 2.88. The average Bonchev–Trinajstić information content (AvgIpc) is 2.42. The number of para-hydroxylation sites is 2.